The Morgan fingerprint density at radius 2 is 1.91 bits per heavy atom. The molecule has 1 fully saturated rings. The molecule has 5 nitrogen and oxygen atoms in total. The smallest absolute Gasteiger partial charge is 0.271 e. The zero-order valence-corrected chi connectivity index (χ0v) is 13.6. The molecule has 6 heteroatoms. The van der Waals surface area contributed by atoms with E-state index in [0.29, 0.717) is 22.9 Å². The lowest BCUT2D eigenvalue weighted by Gasteiger charge is -2.18. The molecular weight excluding hydrogens is 348 g/mol. The van der Waals surface area contributed by atoms with E-state index in [4.69, 9.17) is 0 Å². The fourth-order valence-electron chi connectivity index (χ4n) is 2.95. The fraction of sp³-hybridized carbons (Fsp3) is 0.312. The summed E-state index contributed by atoms with van der Waals surface area (Å²) in [6, 6.07) is 6.87. The molecule has 2 aliphatic rings. The number of allylic oxidation sites excluding steroid dienone is 2. The molecule has 3 amide bonds. The van der Waals surface area contributed by atoms with Gasteiger partial charge in [0.25, 0.3) is 17.7 Å². The van der Waals surface area contributed by atoms with Gasteiger partial charge in [0.1, 0.15) is 0 Å². The molecular formula is C16H15BrN2O3. The van der Waals surface area contributed by atoms with Crippen LogP contribution in [0.3, 0.4) is 0 Å². The van der Waals surface area contributed by atoms with Gasteiger partial charge in [-0.1, -0.05) is 23.8 Å². The molecule has 2 atom stereocenters. The Balaban J connectivity index is 1.79. The van der Waals surface area contributed by atoms with Crippen molar-refractivity contribution in [2.45, 2.75) is 19.8 Å². The monoisotopic (exact) mass is 362 g/mol. The number of nitrogens with one attached hydrogen (secondary N) is 1. The van der Waals surface area contributed by atoms with Crippen LogP contribution in [0.1, 0.15) is 30.1 Å². The summed E-state index contributed by atoms with van der Waals surface area (Å²) in [7, 11) is 0. The second kappa shape index (κ2) is 5.68. The lowest BCUT2D eigenvalue weighted by atomic mass is 9.82. The van der Waals surface area contributed by atoms with Crippen molar-refractivity contribution >= 4 is 33.7 Å². The Hall–Kier alpha value is -1.95. The van der Waals surface area contributed by atoms with Crippen LogP contribution < -0.4 is 5.43 Å². The van der Waals surface area contributed by atoms with Gasteiger partial charge in [-0.05, 0) is 47.8 Å². The Kier molecular flexibility index (Phi) is 3.87. The zero-order chi connectivity index (χ0) is 15.9. The van der Waals surface area contributed by atoms with Crippen molar-refractivity contribution in [1.29, 1.82) is 0 Å². The molecule has 0 unspecified atom stereocenters. The van der Waals surface area contributed by atoms with Crippen LogP contribution in [0.25, 0.3) is 0 Å². The molecule has 1 heterocycles. The molecule has 0 radical (unpaired) electrons. The van der Waals surface area contributed by atoms with E-state index in [-0.39, 0.29) is 23.7 Å². The highest BCUT2D eigenvalue weighted by molar-refractivity contribution is 9.10. The first-order valence-electron chi connectivity index (χ1n) is 7.08. The minimum Gasteiger partial charge on any atom is -0.272 e. The first kappa shape index (κ1) is 15.0. The van der Waals surface area contributed by atoms with E-state index in [2.05, 4.69) is 21.4 Å². The van der Waals surface area contributed by atoms with Crippen LogP contribution in [0.5, 0.6) is 0 Å². The number of hydrazine groups is 1. The molecule has 1 aromatic carbocycles. The molecule has 22 heavy (non-hydrogen) atoms. The van der Waals surface area contributed by atoms with Crippen molar-refractivity contribution in [3.05, 3.63) is 46.0 Å². The third-order valence-corrected chi connectivity index (χ3v) is 4.85. The highest BCUT2D eigenvalue weighted by Crippen LogP contribution is 2.36. The molecule has 1 saturated heterocycles. The second-order valence-electron chi connectivity index (χ2n) is 5.64. The van der Waals surface area contributed by atoms with Gasteiger partial charge in [0, 0.05) is 4.47 Å². The Labute approximate surface area is 136 Å². The molecule has 114 valence electrons. The van der Waals surface area contributed by atoms with Crippen molar-refractivity contribution < 1.29 is 14.4 Å². The number of carbonyl (C=O) groups is 3. The maximum absolute atomic E-state index is 12.4. The van der Waals surface area contributed by atoms with E-state index >= 15 is 0 Å². The number of halogens is 1. The zero-order valence-electron chi connectivity index (χ0n) is 12.0. The summed E-state index contributed by atoms with van der Waals surface area (Å²) in [5.74, 6) is -1.81. The fourth-order valence-corrected chi connectivity index (χ4v) is 3.42. The second-order valence-corrected chi connectivity index (χ2v) is 6.49. The van der Waals surface area contributed by atoms with Gasteiger partial charge in [0.15, 0.2) is 0 Å². The lowest BCUT2D eigenvalue weighted by molar-refractivity contribution is -0.142. The van der Waals surface area contributed by atoms with Gasteiger partial charge in [-0.3, -0.25) is 19.8 Å². The van der Waals surface area contributed by atoms with Crippen LogP contribution in [0.15, 0.2) is 40.4 Å². The van der Waals surface area contributed by atoms with E-state index in [9.17, 15) is 14.4 Å². The number of imide groups is 1. The minimum atomic E-state index is -0.475. The number of carbonyl (C=O) groups excluding carboxylic acids is 3. The van der Waals surface area contributed by atoms with Crippen LogP contribution >= 0.6 is 15.9 Å². The number of nitrogens with zero attached hydrogens (tertiary/aromatic N) is 1. The molecule has 3 rings (SSSR count). The molecule has 0 saturated carbocycles. The van der Waals surface area contributed by atoms with E-state index < -0.39 is 5.91 Å². The standard InChI is InChI=1S/C16H15BrN2O3/c1-9-6-7-10-12(8-9)16(22)19(15(10)21)18-14(20)11-4-2-3-5-13(11)17/h2-6,10,12H,7-8H2,1H3,(H,18,20)/t10-,12+/m0/s1. The van der Waals surface area contributed by atoms with Crippen LogP contribution in [-0.4, -0.2) is 22.7 Å². The number of rotatable bonds is 2. The first-order chi connectivity index (χ1) is 10.5. The van der Waals surface area contributed by atoms with Crippen molar-refractivity contribution in [2.24, 2.45) is 11.8 Å². The topological polar surface area (TPSA) is 66.5 Å². The third kappa shape index (κ3) is 2.47. The van der Waals surface area contributed by atoms with Crippen molar-refractivity contribution in [1.82, 2.24) is 10.4 Å². The van der Waals surface area contributed by atoms with E-state index in [0.717, 1.165) is 10.6 Å². The average molecular weight is 363 g/mol. The number of amides is 3. The Morgan fingerprint density at radius 3 is 2.64 bits per heavy atom. The Bertz CT molecular complexity index is 698. The molecule has 0 spiro atoms. The van der Waals surface area contributed by atoms with Gasteiger partial charge in [0.05, 0.1) is 17.4 Å². The summed E-state index contributed by atoms with van der Waals surface area (Å²) in [6.07, 6.45) is 3.13. The molecule has 0 aromatic heterocycles. The van der Waals surface area contributed by atoms with Crippen molar-refractivity contribution in [3.63, 3.8) is 0 Å². The van der Waals surface area contributed by atoms with Gasteiger partial charge in [-0.25, -0.2) is 0 Å². The summed E-state index contributed by atoms with van der Waals surface area (Å²) in [5.41, 5.74) is 3.94. The van der Waals surface area contributed by atoms with Gasteiger partial charge < -0.3 is 0 Å². The summed E-state index contributed by atoms with van der Waals surface area (Å²) in [4.78, 5) is 37.0. The summed E-state index contributed by atoms with van der Waals surface area (Å²) >= 11 is 3.29. The van der Waals surface area contributed by atoms with E-state index in [1.165, 1.54) is 0 Å². The van der Waals surface area contributed by atoms with E-state index in [1.807, 2.05) is 13.0 Å². The minimum absolute atomic E-state index is 0.317. The average Bonchev–Trinajstić information content (AvgIpc) is 2.72. The maximum Gasteiger partial charge on any atom is 0.271 e. The van der Waals surface area contributed by atoms with Crippen molar-refractivity contribution in [2.75, 3.05) is 0 Å². The van der Waals surface area contributed by atoms with Crippen molar-refractivity contribution in [3.8, 4) is 0 Å². The summed E-state index contributed by atoms with van der Waals surface area (Å²) in [6.45, 7) is 1.95. The molecule has 0 bridgehead atoms. The third-order valence-electron chi connectivity index (χ3n) is 4.15. The molecule has 1 aliphatic carbocycles. The highest BCUT2D eigenvalue weighted by Gasteiger charge is 2.49. The lowest BCUT2D eigenvalue weighted by Crippen LogP contribution is -2.46. The quantitative estimate of drug-likeness (QED) is 0.648. The Morgan fingerprint density at radius 1 is 1.23 bits per heavy atom. The largest absolute Gasteiger partial charge is 0.272 e. The van der Waals surface area contributed by atoms with Gasteiger partial charge in [-0.15, -0.1) is 0 Å². The number of benzene rings is 1. The normalized spacial score (nSPS) is 24.1. The van der Waals surface area contributed by atoms with Crippen LogP contribution in [0.4, 0.5) is 0 Å². The maximum atomic E-state index is 12.4. The van der Waals surface area contributed by atoms with Gasteiger partial charge >= 0.3 is 0 Å². The number of hydrogen-bond acceptors (Lipinski definition) is 3. The number of fused-ring (bicyclic) bond motifs is 1. The predicted molar refractivity (Wildman–Crippen MR) is 83.4 cm³/mol. The van der Waals surface area contributed by atoms with Gasteiger partial charge in [-0.2, -0.15) is 5.01 Å². The van der Waals surface area contributed by atoms with E-state index in [1.54, 1.807) is 24.3 Å². The molecule has 1 aliphatic heterocycles. The van der Waals surface area contributed by atoms with Crippen LogP contribution in [-0.2, 0) is 9.59 Å². The van der Waals surface area contributed by atoms with Gasteiger partial charge in [0.2, 0.25) is 0 Å². The number of hydrogen-bond donors (Lipinski definition) is 1. The summed E-state index contributed by atoms with van der Waals surface area (Å²) in [5, 5.41) is 0.892. The predicted octanol–water partition coefficient (Wildman–Crippen LogP) is 2.44. The molecule has 1 N–H and O–H groups in total. The summed E-state index contributed by atoms with van der Waals surface area (Å²) < 4.78 is 0.613. The highest BCUT2D eigenvalue weighted by atomic mass is 79.9. The molecule has 1 aromatic rings. The van der Waals surface area contributed by atoms with Crippen LogP contribution in [0.2, 0.25) is 0 Å². The SMILES string of the molecule is CC1=CC[C@@H]2C(=O)N(NC(=O)c3ccccc3Br)C(=O)[C@@H]2C1. The van der Waals surface area contributed by atoms with Crippen LogP contribution in [0, 0.1) is 11.8 Å². The first-order valence-corrected chi connectivity index (χ1v) is 7.87.